The Labute approximate surface area is 98.7 Å². The average Bonchev–Trinajstić information content (AvgIpc) is 2.23. The third-order valence-corrected chi connectivity index (χ3v) is 2.34. The molecule has 0 aromatic heterocycles. The SMILES string of the molecule is CCOC(=O)C(CN(C)CCN(C)C)NC. The molecule has 0 aliphatic heterocycles. The van der Waals surface area contributed by atoms with Crippen LogP contribution in [0.1, 0.15) is 6.92 Å². The lowest BCUT2D eigenvalue weighted by Crippen LogP contribution is -2.45. The van der Waals surface area contributed by atoms with Gasteiger partial charge < -0.3 is 19.9 Å². The van der Waals surface area contributed by atoms with Crippen molar-refractivity contribution < 1.29 is 9.53 Å². The lowest BCUT2D eigenvalue weighted by Gasteiger charge is -2.23. The average molecular weight is 231 g/mol. The van der Waals surface area contributed by atoms with Gasteiger partial charge in [-0.3, -0.25) is 4.79 Å². The quantitative estimate of drug-likeness (QED) is 0.578. The van der Waals surface area contributed by atoms with Gasteiger partial charge in [0.1, 0.15) is 6.04 Å². The molecule has 0 rings (SSSR count). The number of hydrogen-bond donors (Lipinski definition) is 1. The van der Waals surface area contributed by atoms with Crippen molar-refractivity contribution in [1.29, 1.82) is 0 Å². The van der Waals surface area contributed by atoms with E-state index in [4.69, 9.17) is 4.74 Å². The van der Waals surface area contributed by atoms with E-state index in [-0.39, 0.29) is 12.0 Å². The van der Waals surface area contributed by atoms with Gasteiger partial charge in [0.15, 0.2) is 0 Å². The molecule has 0 radical (unpaired) electrons. The Morgan fingerprint density at radius 1 is 1.31 bits per heavy atom. The van der Waals surface area contributed by atoms with Crippen molar-refractivity contribution in [2.24, 2.45) is 0 Å². The smallest absolute Gasteiger partial charge is 0.324 e. The molecule has 0 aromatic carbocycles. The number of esters is 1. The molecule has 0 bridgehead atoms. The van der Waals surface area contributed by atoms with Gasteiger partial charge in [-0.1, -0.05) is 0 Å². The van der Waals surface area contributed by atoms with Gasteiger partial charge in [-0.15, -0.1) is 0 Å². The Morgan fingerprint density at radius 2 is 1.94 bits per heavy atom. The molecule has 1 N–H and O–H groups in total. The summed E-state index contributed by atoms with van der Waals surface area (Å²) in [5.41, 5.74) is 0. The van der Waals surface area contributed by atoms with Crippen molar-refractivity contribution in [3.05, 3.63) is 0 Å². The maximum absolute atomic E-state index is 11.5. The first kappa shape index (κ1) is 15.3. The first-order chi connectivity index (χ1) is 7.51. The van der Waals surface area contributed by atoms with Crippen LogP contribution in [0.4, 0.5) is 0 Å². The highest BCUT2D eigenvalue weighted by Gasteiger charge is 2.19. The number of rotatable bonds is 8. The maximum Gasteiger partial charge on any atom is 0.324 e. The number of hydrogen-bond acceptors (Lipinski definition) is 5. The molecule has 5 nitrogen and oxygen atoms in total. The molecule has 0 aliphatic rings. The minimum Gasteiger partial charge on any atom is -0.465 e. The zero-order valence-electron chi connectivity index (χ0n) is 11.1. The van der Waals surface area contributed by atoms with E-state index in [9.17, 15) is 4.79 Å². The van der Waals surface area contributed by atoms with E-state index < -0.39 is 0 Å². The molecule has 1 atom stereocenters. The summed E-state index contributed by atoms with van der Waals surface area (Å²) in [5, 5.41) is 2.98. The van der Waals surface area contributed by atoms with E-state index in [1.54, 1.807) is 7.05 Å². The van der Waals surface area contributed by atoms with E-state index in [0.29, 0.717) is 13.2 Å². The van der Waals surface area contributed by atoms with Crippen LogP contribution < -0.4 is 5.32 Å². The second-order valence-electron chi connectivity index (χ2n) is 4.16. The summed E-state index contributed by atoms with van der Waals surface area (Å²) in [6.45, 7) is 4.84. The number of carbonyl (C=O) groups is 1. The highest BCUT2D eigenvalue weighted by Crippen LogP contribution is 1.93. The topological polar surface area (TPSA) is 44.8 Å². The van der Waals surface area contributed by atoms with Gasteiger partial charge in [0.05, 0.1) is 6.61 Å². The second kappa shape index (κ2) is 8.50. The third-order valence-electron chi connectivity index (χ3n) is 2.34. The predicted octanol–water partition coefficient (Wildman–Crippen LogP) is -0.369. The van der Waals surface area contributed by atoms with Crippen LogP contribution in [0.2, 0.25) is 0 Å². The summed E-state index contributed by atoms with van der Waals surface area (Å²) < 4.78 is 4.98. The highest BCUT2D eigenvalue weighted by molar-refractivity contribution is 5.76. The number of nitrogens with one attached hydrogen (secondary N) is 1. The first-order valence-electron chi connectivity index (χ1n) is 5.68. The zero-order chi connectivity index (χ0) is 12.6. The van der Waals surface area contributed by atoms with Crippen LogP contribution in [0.5, 0.6) is 0 Å². The van der Waals surface area contributed by atoms with Gasteiger partial charge in [0, 0.05) is 19.6 Å². The molecule has 0 heterocycles. The molecular formula is C11H25N3O2. The number of carbonyl (C=O) groups excluding carboxylic acids is 1. The van der Waals surface area contributed by atoms with Gasteiger partial charge in [-0.2, -0.15) is 0 Å². The lowest BCUT2D eigenvalue weighted by atomic mass is 10.3. The van der Waals surface area contributed by atoms with Crippen molar-refractivity contribution in [1.82, 2.24) is 15.1 Å². The molecule has 0 saturated carbocycles. The fourth-order valence-corrected chi connectivity index (χ4v) is 1.30. The fraction of sp³-hybridized carbons (Fsp3) is 0.909. The van der Waals surface area contributed by atoms with Crippen molar-refractivity contribution in [3.8, 4) is 0 Å². The molecule has 0 amide bonds. The van der Waals surface area contributed by atoms with E-state index in [2.05, 4.69) is 15.1 Å². The summed E-state index contributed by atoms with van der Waals surface area (Å²) in [5.74, 6) is -0.179. The summed E-state index contributed by atoms with van der Waals surface area (Å²) >= 11 is 0. The zero-order valence-corrected chi connectivity index (χ0v) is 11.1. The van der Waals surface area contributed by atoms with Crippen LogP contribution in [0.25, 0.3) is 0 Å². The molecule has 0 fully saturated rings. The summed E-state index contributed by atoms with van der Waals surface area (Å²) in [4.78, 5) is 15.8. The monoisotopic (exact) mass is 231 g/mol. The molecule has 0 spiro atoms. The van der Waals surface area contributed by atoms with Crippen LogP contribution in [0, 0.1) is 0 Å². The summed E-state index contributed by atoms with van der Waals surface area (Å²) in [6.07, 6.45) is 0. The fourth-order valence-electron chi connectivity index (χ4n) is 1.30. The molecule has 16 heavy (non-hydrogen) atoms. The molecule has 96 valence electrons. The van der Waals surface area contributed by atoms with Crippen LogP contribution in [-0.2, 0) is 9.53 Å². The molecule has 5 heteroatoms. The van der Waals surface area contributed by atoms with Crippen LogP contribution in [0.15, 0.2) is 0 Å². The van der Waals surface area contributed by atoms with Gasteiger partial charge >= 0.3 is 5.97 Å². The Kier molecular flexibility index (Phi) is 8.15. The normalized spacial score (nSPS) is 13.2. The van der Waals surface area contributed by atoms with E-state index in [1.807, 2.05) is 28.1 Å². The highest BCUT2D eigenvalue weighted by atomic mass is 16.5. The van der Waals surface area contributed by atoms with Gasteiger partial charge in [-0.05, 0) is 35.1 Å². The Morgan fingerprint density at radius 3 is 2.38 bits per heavy atom. The molecule has 1 unspecified atom stereocenters. The van der Waals surface area contributed by atoms with Crippen molar-refractivity contribution in [2.75, 3.05) is 54.4 Å². The van der Waals surface area contributed by atoms with Gasteiger partial charge in [-0.25, -0.2) is 0 Å². The van der Waals surface area contributed by atoms with E-state index in [0.717, 1.165) is 13.1 Å². The second-order valence-corrected chi connectivity index (χ2v) is 4.16. The van der Waals surface area contributed by atoms with Gasteiger partial charge in [0.2, 0.25) is 0 Å². The molecule has 0 aromatic rings. The van der Waals surface area contributed by atoms with Crippen molar-refractivity contribution in [3.63, 3.8) is 0 Å². The lowest BCUT2D eigenvalue weighted by molar-refractivity contribution is -0.145. The van der Waals surface area contributed by atoms with E-state index >= 15 is 0 Å². The minimum atomic E-state index is -0.243. The summed E-state index contributed by atoms with van der Waals surface area (Å²) in [7, 11) is 7.86. The predicted molar refractivity (Wildman–Crippen MR) is 65.5 cm³/mol. The largest absolute Gasteiger partial charge is 0.465 e. The van der Waals surface area contributed by atoms with Crippen LogP contribution >= 0.6 is 0 Å². The molecule has 0 saturated heterocycles. The van der Waals surface area contributed by atoms with Crippen molar-refractivity contribution in [2.45, 2.75) is 13.0 Å². The Bertz CT molecular complexity index is 198. The minimum absolute atomic E-state index is 0.179. The number of ether oxygens (including phenoxy) is 1. The number of nitrogens with zero attached hydrogens (tertiary/aromatic N) is 2. The maximum atomic E-state index is 11.5. The van der Waals surface area contributed by atoms with Crippen LogP contribution in [0.3, 0.4) is 0 Å². The van der Waals surface area contributed by atoms with Gasteiger partial charge in [0.25, 0.3) is 0 Å². The Balaban J connectivity index is 3.96. The molecular weight excluding hydrogens is 206 g/mol. The number of likely N-dealkylation sites (N-methyl/N-ethyl adjacent to an activating group) is 3. The van der Waals surface area contributed by atoms with Crippen molar-refractivity contribution >= 4 is 5.97 Å². The van der Waals surface area contributed by atoms with E-state index in [1.165, 1.54) is 0 Å². The third kappa shape index (κ3) is 6.76. The summed E-state index contributed by atoms with van der Waals surface area (Å²) in [6, 6.07) is -0.243. The Hall–Kier alpha value is -0.650. The first-order valence-corrected chi connectivity index (χ1v) is 5.68. The van der Waals surface area contributed by atoms with Crippen LogP contribution in [-0.4, -0.2) is 76.2 Å². The standard InChI is InChI=1S/C11H25N3O2/c1-6-16-11(15)10(12-2)9-14(5)8-7-13(3)4/h10,12H,6-9H2,1-5H3. The molecule has 0 aliphatic carbocycles.